The first-order chi connectivity index (χ1) is 8.16. The van der Waals surface area contributed by atoms with Gasteiger partial charge >= 0.3 is 5.97 Å². The molecule has 0 aliphatic carbocycles. The minimum atomic E-state index is -0.823. The van der Waals surface area contributed by atoms with Crippen molar-refractivity contribution in [1.82, 2.24) is 10.2 Å². The van der Waals surface area contributed by atoms with E-state index < -0.39 is 5.97 Å². The Morgan fingerprint density at radius 1 is 1.47 bits per heavy atom. The van der Waals surface area contributed by atoms with Gasteiger partial charge in [-0.05, 0) is 17.7 Å². The molecule has 2 aromatic rings. The topological polar surface area (TPSA) is 66.0 Å². The Balaban J connectivity index is 2.27. The normalized spacial score (nSPS) is 10.4. The summed E-state index contributed by atoms with van der Waals surface area (Å²) in [7, 11) is 0. The third-order valence-corrected chi connectivity index (χ3v) is 2.68. The lowest BCUT2D eigenvalue weighted by atomic mass is 10.0. The van der Waals surface area contributed by atoms with Crippen molar-refractivity contribution in [3.05, 3.63) is 41.2 Å². The summed E-state index contributed by atoms with van der Waals surface area (Å²) in [5.74, 6) is -0.823. The molecule has 1 aromatic heterocycles. The van der Waals surface area contributed by atoms with E-state index in [-0.39, 0.29) is 6.42 Å². The number of nitrogens with zero attached hydrogens (tertiary/aromatic N) is 1. The molecule has 0 aliphatic rings. The van der Waals surface area contributed by atoms with Gasteiger partial charge in [0.25, 0.3) is 0 Å². The molecule has 0 radical (unpaired) electrons. The Bertz CT molecular complexity index is 537. The van der Waals surface area contributed by atoms with Crippen LogP contribution >= 0.6 is 11.6 Å². The third kappa shape index (κ3) is 2.85. The van der Waals surface area contributed by atoms with E-state index >= 15 is 0 Å². The van der Waals surface area contributed by atoms with E-state index in [4.69, 9.17) is 16.7 Å². The zero-order valence-corrected chi connectivity index (χ0v) is 9.74. The second-order valence-electron chi connectivity index (χ2n) is 3.67. The van der Waals surface area contributed by atoms with Gasteiger partial charge in [-0.15, -0.1) is 0 Å². The molecule has 1 heterocycles. The number of aryl methyl sites for hydroxylation is 1. The SMILES string of the molecule is O=C(O)CCc1[nH]ncc1-c1cccc(Cl)c1. The molecular formula is C12H11ClN2O2. The van der Waals surface area contributed by atoms with Gasteiger partial charge in [0.05, 0.1) is 12.6 Å². The Labute approximate surface area is 103 Å². The van der Waals surface area contributed by atoms with Crippen LogP contribution in [0.4, 0.5) is 0 Å². The fourth-order valence-electron chi connectivity index (χ4n) is 1.64. The van der Waals surface area contributed by atoms with E-state index in [1.54, 1.807) is 12.3 Å². The smallest absolute Gasteiger partial charge is 0.303 e. The summed E-state index contributed by atoms with van der Waals surface area (Å²) >= 11 is 5.92. The van der Waals surface area contributed by atoms with Gasteiger partial charge in [0, 0.05) is 22.7 Å². The van der Waals surface area contributed by atoms with Crippen LogP contribution in [0.5, 0.6) is 0 Å². The van der Waals surface area contributed by atoms with Gasteiger partial charge in [-0.2, -0.15) is 5.10 Å². The number of carboxylic acids is 1. The van der Waals surface area contributed by atoms with Crippen molar-refractivity contribution in [1.29, 1.82) is 0 Å². The Morgan fingerprint density at radius 2 is 2.29 bits per heavy atom. The van der Waals surface area contributed by atoms with Gasteiger partial charge in [-0.25, -0.2) is 0 Å². The average molecular weight is 251 g/mol. The number of carboxylic acid groups (broad SMARTS) is 1. The number of hydrogen-bond acceptors (Lipinski definition) is 2. The Hall–Kier alpha value is -1.81. The molecule has 88 valence electrons. The number of hydrogen-bond donors (Lipinski definition) is 2. The van der Waals surface area contributed by atoms with Crippen molar-refractivity contribution in [2.24, 2.45) is 0 Å². The second-order valence-corrected chi connectivity index (χ2v) is 4.10. The number of rotatable bonds is 4. The first kappa shape index (κ1) is 11.7. The Kier molecular flexibility index (Phi) is 3.44. The third-order valence-electron chi connectivity index (χ3n) is 2.44. The number of nitrogens with one attached hydrogen (secondary N) is 1. The molecule has 4 nitrogen and oxygen atoms in total. The summed E-state index contributed by atoms with van der Waals surface area (Å²) in [5, 5.41) is 16.1. The molecule has 5 heteroatoms. The van der Waals surface area contributed by atoms with Crippen LogP contribution in [-0.4, -0.2) is 21.3 Å². The summed E-state index contributed by atoms with van der Waals surface area (Å²) in [4.78, 5) is 10.5. The largest absolute Gasteiger partial charge is 0.481 e. The first-order valence-corrected chi connectivity index (χ1v) is 5.54. The number of benzene rings is 1. The van der Waals surface area contributed by atoms with Crippen LogP contribution in [0.25, 0.3) is 11.1 Å². The molecule has 0 bridgehead atoms. The predicted molar refractivity (Wildman–Crippen MR) is 65.0 cm³/mol. The molecule has 2 rings (SSSR count). The zero-order chi connectivity index (χ0) is 12.3. The zero-order valence-electron chi connectivity index (χ0n) is 8.98. The van der Waals surface area contributed by atoms with Gasteiger partial charge in [-0.1, -0.05) is 23.7 Å². The summed E-state index contributed by atoms with van der Waals surface area (Å²) in [5.41, 5.74) is 2.65. The molecule has 0 aliphatic heterocycles. The molecule has 0 unspecified atom stereocenters. The molecule has 0 spiro atoms. The van der Waals surface area contributed by atoms with Gasteiger partial charge in [0.1, 0.15) is 0 Å². The van der Waals surface area contributed by atoms with Gasteiger partial charge < -0.3 is 5.11 Å². The summed E-state index contributed by atoms with van der Waals surface area (Å²) < 4.78 is 0. The maximum atomic E-state index is 10.5. The Morgan fingerprint density at radius 3 is 3.00 bits per heavy atom. The van der Waals surface area contributed by atoms with Crippen LogP contribution in [0.3, 0.4) is 0 Å². The highest BCUT2D eigenvalue weighted by Gasteiger charge is 2.09. The molecule has 0 amide bonds. The van der Waals surface area contributed by atoms with Crippen molar-refractivity contribution >= 4 is 17.6 Å². The minimum Gasteiger partial charge on any atom is -0.481 e. The molecule has 0 saturated heterocycles. The molecule has 0 fully saturated rings. The van der Waals surface area contributed by atoms with Crippen LogP contribution in [0.15, 0.2) is 30.5 Å². The fourth-order valence-corrected chi connectivity index (χ4v) is 1.83. The molecule has 0 atom stereocenters. The molecule has 0 saturated carbocycles. The highest BCUT2D eigenvalue weighted by atomic mass is 35.5. The summed E-state index contributed by atoms with van der Waals surface area (Å²) in [6.45, 7) is 0. The quantitative estimate of drug-likeness (QED) is 0.877. The monoisotopic (exact) mass is 250 g/mol. The highest BCUT2D eigenvalue weighted by Crippen LogP contribution is 2.25. The van der Waals surface area contributed by atoms with E-state index in [0.717, 1.165) is 16.8 Å². The standard InChI is InChI=1S/C12H11ClN2O2/c13-9-3-1-2-8(6-9)10-7-14-15-11(10)4-5-12(16)17/h1-3,6-7H,4-5H2,(H,14,15)(H,16,17). The number of carbonyl (C=O) groups is 1. The number of halogens is 1. The van der Waals surface area contributed by atoms with Gasteiger partial charge in [0.15, 0.2) is 0 Å². The average Bonchev–Trinajstić information content (AvgIpc) is 2.74. The maximum absolute atomic E-state index is 10.5. The van der Waals surface area contributed by atoms with Crippen molar-refractivity contribution in [3.63, 3.8) is 0 Å². The first-order valence-electron chi connectivity index (χ1n) is 5.17. The maximum Gasteiger partial charge on any atom is 0.303 e. The number of aromatic nitrogens is 2. The van der Waals surface area contributed by atoms with E-state index in [9.17, 15) is 4.79 Å². The van der Waals surface area contributed by atoms with E-state index in [1.807, 2.05) is 18.2 Å². The molecule has 1 aromatic carbocycles. The van der Waals surface area contributed by atoms with Gasteiger partial charge in [0.2, 0.25) is 0 Å². The lowest BCUT2D eigenvalue weighted by Crippen LogP contribution is -1.98. The van der Waals surface area contributed by atoms with E-state index in [2.05, 4.69) is 10.2 Å². The van der Waals surface area contributed by atoms with Crippen LogP contribution in [0.1, 0.15) is 12.1 Å². The molecule has 2 N–H and O–H groups in total. The van der Waals surface area contributed by atoms with Crippen molar-refractivity contribution in [3.8, 4) is 11.1 Å². The van der Waals surface area contributed by atoms with Crippen molar-refractivity contribution in [2.75, 3.05) is 0 Å². The van der Waals surface area contributed by atoms with Crippen molar-refractivity contribution in [2.45, 2.75) is 12.8 Å². The molecule has 17 heavy (non-hydrogen) atoms. The predicted octanol–water partition coefficient (Wildman–Crippen LogP) is 2.75. The molecular weight excluding hydrogens is 240 g/mol. The van der Waals surface area contributed by atoms with Crippen molar-refractivity contribution < 1.29 is 9.90 Å². The lowest BCUT2D eigenvalue weighted by molar-refractivity contribution is -0.136. The lowest BCUT2D eigenvalue weighted by Gasteiger charge is -2.02. The minimum absolute atomic E-state index is 0.0791. The number of H-pyrrole nitrogens is 1. The number of aromatic amines is 1. The number of aliphatic carboxylic acids is 1. The van der Waals surface area contributed by atoms with E-state index in [1.165, 1.54) is 0 Å². The van der Waals surface area contributed by atoms with Crippen LogP contribution in [0, 0.1) is 0 Å². The van der Waals surface area contributed by atoms with E-state index in [0.29, 0.717) is 11.4 Å². The fraction of sp³-hybridized carbons (Fsp3) is 0.167. The van der Waals surface area contributed by atoms with Crippen LogP contribution in [-0.2, 0) is 11.2 Å². The van der Waals surface area contributed by atoms with Gasteiger partial charge in [-0.3, -0.25) is 9.89 Å². The highest BCUT2D eigenvalue weighted by molar-refractivity contribution is 6.30. The van der Waals surface area contributed by atoms with Crippen LogP contribution < -0.4 is 0 Å². The second kappa shape index (κ2) is 5.01. The van der Waals surface area contributed by atoms with Crippen LogP contribution in [0.2, 0.25) is 5.02 Å². The summed E-state index contributed by atoms with van der Waals surface area (Å²) in [6, 6.07) is 7.39. The summed E-state index contributed by atoms with van der Waals surface area (Å²) in [6.07, 6.45) is 2.19.